The smallest absolute Gasteiger partial charge is 0.278 e. The molecule has 2 atom stereocenters. The largest absolute Gasteiger partial charge is 0.494 e. The van der Waals surface area contributed by atoms with Crippen LogP contribution in [0, 0.1) is 12.8 Å². The van der Waals surface area contributed by atoms with Gasteiger partial charge < -0.3 is 9.64 Å². The molecule has 1 amide bonds. The van der Waals surface area contributed by atoms with E-state index in [1.165, 1.54) is 43.5 Å². The maximum atomic E-state index is 13.5. The predicted molar refractivity (Wildman–Crippen MR) is 107 cm³/mol. The van der Waals surface area contributed by atoms with Crippen LogP contribution >= 0.6 is 0 Å². The van der Waals surface area contributed by atoms with E-state index in [2.05, 4.69) is 5.10 Å². The van der Waals surface area contributed by atoms with Gasteiger partial charge in [0.15, 0.2) is 11.4 Å². The van der Waals surface area contributed by atoms with Crippen LogP contribution in [0.2, 0.25) is 0 Å². The fourth-order valence-corrected chi connectivity index (χ4v) is 4.63. The summed E-state index contributed by atoms with van der Waals surface area (Å²) >= 11 is 0. The molecule has 1 aliphatic heterocycles. The highest BCUT2D eigenvalue weighted by Crippen LogP contribution is 2.36. The van der Waals surface area contributed by atoms with Gasteiger partial charge >= 0.3 is 0 Å². The molecule has 1 aromatic heterocycles. The van der Waals surface area contributed by atoms with Crippen LogP contribution in [-0.4, -0.2) is 40.3 Å². The number of rotatable bonds is 3. The molecule has 2 unspecified atom stereocenters. The Labute approximate surface area is 165 Å². The molecular formula is C22H27N3O3. The van der Waals surface area contributed by atoms with Crippen molar-refractivity contribution in [3.8, 4) is 11.4 Å². The van der Waals surface area contributed by atoms with Crippen LogP contribution in [0.5, 0.6) is 5.75 Å². The van der Waals surface area contributed by atoms with Crippen molar-refractivity contribution in [1.29, 1.82) is 0 Å². The molecule has 0 radical (unpaired) electrons. The minimum Gasteiger partial charge on any atom is -0.494 e. The number of aromatic nitrogens is 2. The van der Waals surface area contributed by atoms with E-state index < -0.39 is 0 Å². The highest BCUT2D eigenvalue weighted by molar-refractivity contribution is 5.95. The van der Waals surface area contributed by atoms with E-state index in [0.29, 0.717) is 11.6 Å². The first-order valence-electron chi connectivity index (χ1n) is 10.1. The number of methoxy groups -OCH3 is 1. The van der Waals surface area contributed by atoms with Crippen molar-refractivity contribution in [2.45, 2.75) is 51.5 Å². The van der Waals surface area contributed by atoms with Gasteiger partial charge in [0.1, 0.15) is 0 Å². The number of likely N-dealkylation sites (tertiary alicyclic amines) is 1. The Balaban J connectivity index is 1.73. The molecule has 6 heteroatoms. The number of carbonyl (C=O) groups is 1. The lowest BCUT2D eigenvalue weighted by Gasteiger charge is -2.44. The number of ether oxygens (including phenoxy) is 1. The van der Waals surface area contributed by atoms with E-state index in [1.807, 2.05) is 36.1 Å². The van der Waals surface area contributed by atoms with Crippen molar-refractivity contribution in [2.24, 2.45) is 5.92 Å². The second-order valence-corrected chi connectivity index (χ2v) is 7.90. The van der Waals surface area contributed by atoms with E-state index in [9.17, 15) is 9.59 Å². The Bertz CT molecular complexity index is 918. The van der Waals surface area contributed by atoms with Crippen molar-refractivity contribution in [2.75, 3.05) is 13.7 Å². The summed E-state index contributed by atoms with van der Waals surface area (Å²) in [6.07, 6.45) is 6.88. The summed E-state index contributed by atoms with van der Waals surface area (Å²) in [4.78, 5) is 28.0. The zero-order valence-electron chi connectivity index (χ0n) is 16.6. The minimum atomic E-state index is -0.313. The lowest BCUT2D eigenvalue weighted by molar-refractivity contribution is 0.0380. The molecule has 1 aromatic carbocycles. The minimum absolute atomic E-state index is 0.130. The lowest BCUT2D eigenvalue weighted by atomic mass is 9.78. The highest BCUT2D eigenvalue weighted by Gasteiger charge is 2.37. The monoisotopic (exact) mass is 381 g/mol. The van der Waals surface area contributed by atoms with E-state index in [4.69, 9.17) is 4.74 Å². The van der Waals surface area contributed by atoms with E-state index in [-0.39, 0.29) is 29.0 Å². The van der Waals surface area contributed by atoms with Gasteiger partial charge in [0.25, 0.3) is 11.5 Å². The Morgan fingerprint density at radius 2 is 1.82 bits per heavy atom. The Hall–Kier alpha value is -2.63. The van der Waals surface area contributed by atoms with Gasteiger partial charge in [-0.05, 0) is 50.7 Å². The Morgan fingerprint density at radius 3 is 2.57 bits per heavy atom. The molecule has 148 valence electrons. The van der Waals surface area contributed by atoms with Crippen LogP contribution < -0.4 is 10.3 Å². The van der Waals surface area contributed by atoms with Crippen LogP contribution in [0.4, 0.5) is 0 Å². The molecule has 0 spiro atoms. The summed E-state index contributed by atoms with van der Waals surface area (Å²) in [5.41, 5.74) is 1.64. The molecule has 2 aliphatic rings. The number of hydrogen-bond acceptors (Lipinski definition) is 4. The molecule has 28 heavy (non-hydrogen) atoms. The second-order valence-electron chi connectivity index (χ2n) is 7.90. The predicted octanol–water partition coefficient (Wildman–Crippen LogP) is 3.34. The Kier molecular flexibility index (Phi) is 5.20. The standard InChI is InChI=1S/C22H27N3O3/c1-15-9-11-17(12-10-15)25-20(26)14-19(28-2)21(23-25)22(27)24-13-5-7-16-6-3-4-8-18(16)24/h9-12,14,16,18H,3-8,13H2,1-2H3. The molecule has 2 aromatic rings. The summed E-state index contributed by atoms with van der Waals surface area (Å²) in [5.74, 6) is 0.700. The second kappa shape index (κ2) is 7.78. The first-order valence-corrected chi connectivity index (χ1v) is 10.1. The van der Waals surface area contributed by atoms with Gasteiger partial charge in [-0.3, -0.25) is 9.59 Å². The van der Waals surface area contributed by atoms with Crippen LogP contribution in [0.1, 0.15) is 54.6 Å². The number of fused-ring (bicyclic) bond motifs is 1. The fraction of sp³-hybridized carbons (Fsp3) is 0.500. The fourth-order valence-electron chi connectivity index (χ4n) is 4.63. The number of carbonyl (C=O) groups excluding carboxylic acids is 1. The van der Waals surface area contributed by atoms with Gasteiger partial charge in [-0.1, -0.05) is 30.5 Å². The van der Waals surface area contributed by atoms with Crippen LogP contribution in [-0.2, 0) is 0 Å². The number of amides is 1. The molecule has 0 bridgehead atoms. The first kappa shape index (κ1) is 18.7. The summed E-state index contributed by atoms with van der Waals surface area (Å²) in [6.45, 7) is 2.73. The van der Waals surface area contributed by atoms with Crippen LogP contribution in [0.25, 0.3) is 5.69 Å². The normalized spacial score (nSPS) is 21.9. The highest BCUT2D eigenvalue weighted by atomic mass is 16.5. The maximum Gasteiger partial charge on any atom is 0.278 e. The topological polar surface area (TPSA) is 64.4 Å². The lowest BCUT2D eigenvalue weighted by Crippen LogP contribution is -2.50. The maximum absolute atomic E-state index is 13.5. The average molecular weight is 381 g/mol. The summed E-state index contributed by atoms with van der Waals surface area (Å²) in [5, 5.41) is 4.44. The first-order chi connectivity index (χ1) is 13.6. The SMILES string of the molecule is COc1cc(=O)n(-c2ccc(C)cc2)nc1C(=O)N1CCCC2CCCCC21. The molecule has 2 fully saturated rings. The van der Waals surface area contributed by atoms with Gasteiger partial charge in [-0.25, -0.2) is 0 Å². The van der Waals surface area contributed by atoms with Crippen molar-refractivity contribution in [3.05, 3.63) is 51.9 Å². The average Bonchev–Trinajstić information content (AvgIpc) is 2.73. The van der Waals surface area contributed by atoms with Crippen molar-refractivity contribution >= 4 is 5.91 Å². The van der Waals surface area contributed by atoms with Crippen LogP contribution in [0.3, 0.4) is 0 Å². The molecule has 2 heterocycles. The van der Waals surface area contributed by atoms with Gasteiger partial charge in [0.05, 0.1) is 18.9 Å². The van der Waals surface area contributed by atoms with Crippen molar-refractivity contribution in [3.63, 3.8) is 0 Å². The number of hydrogen-bond donors (Lipinski definition) is 0. The van der Waals surface area contributed by atoms with E-state index in [1.54, 1.807) is 0 Å². The van der Waals surface area contributed by atoms with Gasteiger partial charge in [-0.2, -0.15) is 9.78 Å². The van der Waals surface area contributed by atoms with Crippen molar-refractivity contribution < 1.29 is 9.53 Å². The molecule has 0 N–H and O–H groups in total. The third kappa shape index (κ3) is 3.43. The van der Waals surface area contributed by atoms with E-state index >= 15 is 0 Å². The zero-order chi connectivity index (χ0) is 19.7. The van der Waals surface area contributed by atoms with Crippen LogP contribution in [0.15, 0.2) is 35.1 Å². The third-order valence-electron chi connectivity index (χ3n) is 6.10. The number of aryl methyl sites for hydroxylation is 1. The molecule has 6 nitrogen and oxygen atoms in total. The number of nitrogens with zero attached hydrogens (tertiary/aromatic N) is 3. The number of piperidine rings is 1. The van der Waals surface area contributed by atoms with Gasteiger partial charge in [0, 0.05) is 12.6 Å². The quantitative estimate of drug-likeness (QED) is 0.818. The summed E-state index contributed by atoms with van der Waals surface area (Å²) in [6, 6.07) is 9.16. The van der Waals surface area contributed by atoms with Gasteiger partial charge in [0.2, 0.25) is 0 Å². The molecule has 1 saturated heterocycles. The molecule has 1 aliphatic carbocycles. The number of benzene rings is 1. The molecule has 1 saturated carbocycles. The zero-order valence-corrected chi connectivity index (χ0v) is 16.6. The van der Waals surface area contributed by atoms with Crippen molar-refractivity contribution in [1.82, 2.24) is 14.7 Å². The molecule has 4 rings (SSSR count). The van der Waals surface area contributed by atoms with Gasteiger partial charge in [-0.15, -0.1) is 0 Å². The Morgan fingerprint density at radius 1 is 1.11 bits per heavy atom. The summed E-state index contributed by atoms with van der Waals surface area (Å²) in [7, 11) is 1.48. The third-order valence-corrected chi connectivity index (χ3v) is 6.10. The molecular weight excluding hydrogens is 354 g/mol. The van der Waals surface area contributed by atoms with E-state index in [0.717, 1.165) is 24.9 Å². The summed E-state index contributed by atoms with van der Waals surface area (Å²) < 4.78 is 6.65.